The number of cyclic esters (lactones) is 1. The molecule has 0 aliphatic carbocycles. The lowest BCUT2D eigenvalue weighted by atomic mass is 10.1. The van der Waals surface area contributed by atoms with Gasteiger partial charge in [-0.2, -0.15) is 0 Å². The molecule has 1 aliphatic heterocycles. The van der Waals surface area contributed by atoms with Crippen molar-refractivity contribution in [2.24, 2.45) is 0 Å². The van der Waals surface area contributed by atoms with Gasteiger partial charge in [0.15, 0.2) is 0 Å². The van der Waals surface area contributed by atoms with E-state index in [4.69, 9.17) is 4.74 Å². The molecule has 0 saturated carbocycles. The Morgan fingerprint density at radius 2 is 2.06 bits per heavy atom. The lowest BCUT2D eigenvalue weighted by Crippen LogP contribution is -2.48. The Kier molecular flexibility index (Phi) is 3.56. The predicted octanol–water partition coefficient (Wildman–Crippen LogP) is 2.66. The maximum Gasteiger partial charge on any atom is 0.410 e. The van der Waals surface area contributed by atoms with Gasteiger partial charge in [0.05, 0.1) is 12.6 Å². The van der Waals surface area contributed by atoms with Crippen molar-refractivity contribution in [2.45, 2.75) is 25.4 Å². The Labute approximate surface area is 98.0 Å². The standard InChI is InChI=1S/C12H13F2NO2/c13-11(14)10-6-7-17-12(16)15(10)8-9-4-2-1-3-5-9/h1-5,10-11H,6-8H2. The maximum atomic E-state index is 12.8. The lowest BCUT2D eigenvalue weighted by Gasteiger charge is -2.34. The zero-order valence-corrected chi connectivity index (χ0v) is 9.18. The molecular weight excluding hydrogens is 228 g/mol. The molecule has 1 heterocycles. The van der Waals surface area contributed by atoms with Gasteiger partial charge >= 0.3 is 6.09 Å². The van der Waals surface area contributed by atoms with Crippen LogP contribution in [-0.2, 0) is 11.3 Å². The first-order valence-corrected chi connectivity index (χ1v) is 5.44. The molecule has 5 heteroatoms. The van der Waals surface area contributed by atoms with Crippen molar-refractivity contribution in [2.75, 3.05) is 6.61 Å². The fourth-order valence-electron chi connectivity index (χ4n) is 1.87. The first kappa shape index (κ1) is 11.8. The predicted molar refractivity (Wildman–Crippen MR) is 57.7 cm³/mol. The Morgan fingerprint density at radius 3 is 2.71 bits per heavy atom. The van der Waals surface area contributed by atoms with Gasteiger partial charge in [-0.25, -0.2) is 13.6 Å². The number of amides is 1. The van der Waals surface area contributed by atoms with Crippen LogP contribution in [0.5, 0.6) is 0 Å². The minimum Gasteiger partial charge on any atom is -0.449 e. The second-order valence-corrected chi connectivity index (χ2v) is 3.92. The van der Waals surface area contributed by atoms with Crippen LogP contribution in [0.15, 0.2) is 30.3 Å². The molecule has 0 radical (unpaired) electrons. The van der Waals surface area contributed by atoms with E-state index in [1.165, 1.54) is 0 Å². The summed E-state index contributed by atoms with van der Waals surface area (Å²) in [5.41, 5.74) is 0.817. The van der Waals surface area contributed by atoms with Crippen LogP contribution in [0, 0.1) is 0 Å². The molecule has 17 heavy (non-hydrogen) atoms. The Balaban J connectivity index is 2.12. The maximum absolute atomic E-state index is 12.8. The van der Waals surface area contributed by atoms with Crippen molar-refractivity contribution >= 4 is 6.09 Å². The van der Waals surface area contributed by atoms with E-state index in [1.807, 2.05) is 18.2 Å². The molecule has 1 aliphatic rings. The van der Waals surface area contributed by atoms with Crippen LogP contribution in [0.1, 0.15) is 12.0 Å². The number of halogens is 2. The fraction of sp³-hybridized carbons (Fsp3) is 0.417. The van der Waals surface area contributed by atoms with Gasteiger partial charge in [-0.05, 0) is 5.56 Å². The molecule has 0 aromatic heterocycles. The van der Waals surface area contributed by atoms with E-state index < -0.39 is 18.6 Å². The second kappa shape index (κ2) is 5.12. The topological polar surface area (TPSA) is 29.5 Å². The molecule has 1 aromatic rings. The zero-order chi connectivity index (χ0) is 12.3. The average Bonchev–Trinajstić information content (AvgIpc) is 2.33. The van der Waals surface area contributed by atoms with Crippen molar-refractivity contribution in [3.63, 3.8) is 0 Å². The van der Waals surface area contributed by atoms with Crippen molar-refractivity contribution in [1.82, 2.24) is 4.90 Å². The highest BCUT2D eigenvalue weighted by Crippen LogP contribution is 2.22. The van der Waals surface area contributed by atoms with Crippen LogP contribution in [0.4, 0.5) is 13.6 Å². The van der Waals surface area contributed by atoms with Gasteiger partial charge in [0.1, 0.15) is 0 Å². The van der Waals surface area contributed by atoms with Crippen molar-refractivity contribution < 1.29 is 18.3 Å². The van der Waals surface area contributed by atoms with Gasteiger partial charge in [0, 0.05) is 13.0 Å². The highest BCUT2D eigenvalue weighted by atomic mass is 19.3. The molecule has 0 bridgehead atoms. The van der Waals surface area contributed by atoms with Crippen LogP contribution in [-0.4, -0.2) is 30.1 Å². The van der Waals surface area contributed by atoms with Crippen molar-refractivity contribution in [3.05, 3.63) is 35.9 Å². The summed E-state index contributed by atoms with van der Waals surface area (Å²) in [4.78, 5) is 12.6. The van der Waals surface area contributed by atoms with Gasteiger partial charge in [-0.3, -0.25) is 4.90 Å². The van der Waals surface area contributed by atoms with E-state index in [-0.39, 0.29) is 19.6 Å². The SMILES string of the molecule is O=C1OCCC(C(F)F)N1Cc1ccccc1. The van der Waals surface area contributed by atoms with Crippen LogP contribution in [0.3, 0.4) is 0 Å². The largest absolute Gasteiger partial charge is 0.449 e. The Bertz CT molecular complexity index is 383. The number of hydrogen-bond donors (Lipinski definition) is 0. The summed E-state index contributed by atoms with van der Waals surface area (Å²) in [6, 6.07) is 8.00. The third-order valence-electron chi connectivity index (χ3n) is 2.76. The van der Waals surface area contributed by atoms with Crippen molar-refractivity contribution in [3.8, 4) is 0 Å². The molecule has 1 amide bonds. The number of nitrogens with zero attached hydrogens (tertiary/aromatic N) is 1. The molecule has 1 atom stereocenters. The van der Waals surface area contributed by atoms with Gasteiger partial charge in [0.25, 0.3) is 6.43 Å². The van der Waals surface area contributed by atoms with Gasteiger partial charge < -0.3 is 4.74 Å². The number of carbonyl (C=O) groups is 1. The van der Waals surface area contributed by atoms with Gasteiger partial charge in [0.2, 0.25) is 0 Å². The number of ether oxygens (including phenoxy) is 1. The lowest BCUT2D eigenvalue weighted by molar-refractivity contribution is -0.0250. The summed E-state index contributed by atoms with van der Waals surface area (Å²) >= 11 is 0. The van der Waals surface area contributed by atoms with E-state index in [0.717, 1.165) is 10.5 Å². The third kappa shape index (κ3) is 2.72. The number of benzene rings is 1. The fourth-order valence-corrected chi connectivity index (χ4v) is 1.87. The van der Waals surface area contributed by atoms with E-state index in [9.17, 15) is 13.6 Å². The molecule has 0 N–H and O–H groups in total. The number of alkyl halides is 2. The minimum absolute atomic E-state index is 0.0686. The Morgan fingerprint density at radius 1 is 1.35 bits per heavy atom. The monoisotopic (exact) mass is 241 g/mol. The first-order chi connectivity index (χ1) is 8.18. The second-order valence-electron chi connectivity index (χ2n) is 3.92. The van der Waals surface area contributed by atoms with Gasteiger partial charge in [-0.1, -0.05) is 30.3 Å². The van der Waals surface area contributed by atoms with Crippen LogP contribution in [0.2, 0.25) is 0 Å². The smallest absolute Gasteiger partial charge is 0.410 e. The number of hydrogen-bond acceptors (Lipinski definition) is 2. The van der Waals surface area contributed by atoms with E-state index in [2.05, 4.69) is 0 Å². The van der Waals surface area contributed by atoms with Crippen LogP contribution >= 0.6 is 0 Å². The molecule has 0 spiro atoms. The van der Waals surface area contributed by atoms with Crippen LogP contribution in [0.25, 0.3) is 0 Å². The third-order valence-corrected chi connectivity index (χ3v) is 2.76. The quantitative estimate of drug-likeness (QED) is 0.814. The van der Waals surface area contributed by atoms with E-state index in [1.54, 1.807) is 12.1 Å². The summed E-state index contributed by atoms with van der Waals surface area (Å²) in [5.74, 6) is 0. The highest BCUT2D eigenvalue weighted by Gasteiger charge is 2.35. The highest BCUT2D eigenvalue weighted by molar-refractivity contribution is 5.68. The summed E-state index contributed by atoms with van der Waals surface area (Å²) in [6.07, 6.45) is -3.02. The summed E-state index contributed by atoms with van der Waals surface area (Å²) in [7, 11) is 0. The summed E-state index contributed by atoms with van der Waals surface area (Å²) in [6.45, 7) is 0.230. The molecule has 3 nitrogen and oxygen atoms in total. The van der Waals surface area contributed by atoms with E-state index >= 15 is 0 Å². The average molecular weight is 241 g/mol. The molecule has 2 rings (SSSR count). The van der Waals surface area contributed by atoms with Crippen LogP contribution < -0.4 is 0 Å². The summed E-state index contributed by atoms with van der Waals surface area (Å²) < 4.78 is 30.4. The summed E-state index contributed by atoms with van der Waals surface area (Å²) in [5, 5.41) is 0. The molecule has 92 valence electrons. The van der Waals surface area contributed by atoms with E-state index in [0.29, 0.717) is 0 Å². The number of carbonyl (C=O) groups excluding carboxylic acids is 1. The normalized spacial score (nSPS) is 20.5. The molecule has 1 saturated heterocycles. The van der Waals surface area contributed by atoms with Crippen molar-refractivity contribution in [1.29, 1.82) is 0 Å². The molecule has 1 aromatic carbocycles. The Hall–Kier alpha value is -1.65. The first-order valence-electron chi connectivity index (χ1n) is 5.44. The number of rotatable bonds is 3. The zero-order valence-electron chi connectivity index (χ0n) is 9.18. The molecule has 1 unspecified atom stereocenters. The minimum atomic E-state index is -2.54. The van der Waals surface area contributed by atoms with Gasteiger partial charge in [-0.15, -0.1) is 0 Å². The molecular formula is C12H13F2NO2. The molecule has 1 fully saturated rings.